The van der Waals surface area contributed by atoms with Crippen molar-refractivity contribution in [3.63, 3.8) is 0 Å². The second-order valence-corrected chi connectivity index (χ2v) is 4.37. The average Bonchev–Trinajstić information content (AvgIpc) is 2.83. The highest BCUT2D eigenvalue weighted by Gasteiger charge is 2.16. The molecule has 18 heavy (non-hydrogen) atoms. The van der Waals surface area contributed by atoms with Crippen LogP contribution in [0, 0.1) is 0 Å². The summed E-state index contributed by atoms with van der Waals surface area (Å²) in [6.07, 6.45) is 1.01. The van der Waals surface area contributed by atoms with Crippen LogP contribution in [0.1, 0.15) is 12.5 Å². The van der Waals surface area contributed by atoms with Gasteiger partial charge in [0.15, 0.2) is 5.50 Å². The van der Waals surface area contributed by atoms with E-state index in [1.165, 1.54) is 5.56 Å². The average molecular weight is 270 g/mol. The molecule has 0 saturated heterocycles. The van der Waals surface area contributed by atoms with Crippen molar-refractivity contribution in [3.8, 4) is 0 Å². The summed E-state index contributed by atoms with van der Waals surface area (Å²) in [5.74, 6) is -0.491. The van der Waals surface area contributed by atoms with E-state index in [0.717, 1.165) is 24.3 Å². The van der Waals surface area contributed by atoms with Gasteiger partial charge in [0, 0.05) is 17.9 Å². The first kappa shape index (κ1) is 13.0. The van der Waals surface area contributed by atoms with Crippen LogP contribution < -0.4 is 16.2 Å². The first-order chi connectivity index (χ1) is 8.70. The summed E-state index contributed by atoms with van der Waals surface area (Å²) in [6.45, 7) is 3.02. The smallest absolute Gasteiger partial charge is 0.340 e. The zero-order valence-electron chi connectivity index (χ0n) is 10.1. The molecule has 0 aliphatic carbocycles. The summed E-state index contributed by atoms with van der Waals surface area (Å²) in [4.78, 5) is 11.3. The van der Waals surface area contributed by atoms with Gasteiger partial charge >= 0.3 is 5.97 Å². The van der Waals surface area contributed by atoms with Gasteiger partial charge in [-0.15, -0.1) is 0 Å². The van der Waals surface area contributed by atoms with Crippen LogP contribution in [0.4, 0.5) is 11.4 Å². The van der Waals surface area contributed by atoms with E-state index >= 15 is 0 Å². The molecule has 0 amide bonds. The van der Waals surface area contributed by atoms with Crippen LogP contribution in [-0.4, -0.2) is 24.6 Å². The number of alkyl halides is 1. The van der Waals surface area contributed by atoms with Gasteiger partial charge in [0.05, 0.1) is 6.61 Å². The molecule has 3 N–H and O–H groups in total. The van der Waals surface area contributed by atoms with Gasteiger partial charge in [0.25, 0.3) is 0 Å². The Labute approximate surface area is 111 Å². The molecular weight excluding hydrogens is 254 g/mol. The molecule has 6 heteroatoms. The quantitative estimate of drug-likeness (QED) is 0.329. The Morgan fingerprint density at radius 2 is 2.44 bits per heavy atom. The molecule has 0 fully saturated rings. The zero-order valence-corrected chi connectivity index (χ0v) is 10.9. The molecule has 1 heterocycles. The molecule has 1 aromatic carbocycles. The number of halogens is 1. The van der Waals surface area contributed by atoms with E-state index < -0.39 is 11.5 Å². The molecule has 1 unspecified atom stereocenters. The Bertz CT molecular complexity index is 439. The van der Waals surface area contributed by atoms with Gasteiger partial charge < -0.3 is 15.5 Å². The maximum atomic E-state index is 11.3. The van der Waals surface area contributed by atoms with Crippen LogP contribution in [0.15, 0.2) is 18.2 Å². The van der Waals surface area contributed by atoms with Crippen molar-refractivity contribution in [2.24, 2.45) is 0 Å². The van der Waals surface area contributed by atoms with E-state index in [4.69, 9.17) is 16.3 Å². The van der Waals surface area contributed by atoms with Crippen LogP contribution in [0.5, 0.6) is 0 Å². The third kappa shape index (κ3) is 3.05. The first-order valence-electron chi connectivity index (χ1n) is 5.89. The fraction of sp³-hybridized carbons (Fsp3) is 0.417. The number of carbonyl (C=O) groups is 1. The van der Waals surface area contributed by atoms with Crippen molar-refractivity contribution in [3.05, 3.63) is 23.8 Å². The van der Waals surface area contributed by atoms with Gasteiger partial charge in [0.2, 0.25) is 0 Å². The number of hydrogen-bond acceptors (Lipinski definition) is 5. The van der Waals surface area contributed by atoms with Crippen LogP contribution in [-0.2, 0) is 16.0 Å². The van der Waals surface area contributed by atoms with Crippen LogP contribution in [0.25, 0.3) is 0 Å². The van der Waals surface area contributed by atoms with Crippen molar-refractivity contribution >= 4 is 28.9 Å². The molecule has 0 saturated carbocycles. The minimum Gasteiger partial charge on any atom is -0.464 e. The molecule has 1 atom stereocenters. The van der Waals surface area contributed by atoms with E-state index in [1.54, 1.807) is 6.92 Å². The standard InChI is InChI=1S/C12H16ClN3O2/c1-2-18-12(17)11(13)16-15-9-3-4-10-8(7-9)5-6-14-10/h3-4,7,11,14-16H,2,5-6H2,1H3. The molecule has 0 bridgehead atoms. The largest absolute Gasteiger partial charge is 0.464 e. The number of esters is 1. The number of fused-ring (bicyclic) bond motifs is 1. The molecule has 2 rings (SSSR count). The number of benzene rings is 1. The van der Waals surface area contributed by atoms with Gasteiger partial charge in [-0.2, -0.15) is 0 Å². The van der Waals surface area contributed by atoms with Gasteiger partial charge in [-0.05, 0) is 37.1 Å². The van der Waals surface area contributed by atoms with Crippen LogP contribution >= 0.6 is 11.6 Å². The molecule has 1 aliphatic heterocycles. The van der Waals surface area contributed by atoms with Gasteiger partial charge in [0.1, 0.15) is 0 Å². The topological polar surface area (TPSA) is 62.4 Å². The summed E-state index contributed by atoms with van der Waals surface area (Å²) in [5, 5.41) is 3.28. The van der Waals surface area contributed by atoms with Crippen molar-refractivity contribution < 1.29 is 9.53 Å². The second-order valence-electron chi connectivity index (χ2n) is 3.93. The molecule has 1 aromatic rings. The molecular formula is C12H16ClN3O2. The molecule has 98 valence electrons. The lowest BCUT2D eigenvalue weighted by Gasteiger charge is -2.13. The highest BCUT2D eigenvalue weighted by Crippen LogP contribution is 2.24. The van der Waals surface area contributed by atoms with E-state index in [0.29, 0.717) is 6.61 Å². The summed E-state index contributed by atoms with van der Waals surface area (Å²) in [6, 6.07) is 5.94. The fourth-order valence-corrected chi connectivity index (χ4v) is 1.92. The predicted octanol–water partition coefficient (Wildman–Crippen LogP) is 1.70. The third-order valence-corrected chi connectivity index (χ3v) is 2.94. The number of anilines is 2. The minimum atomic E-state index is -0.906. The lowest BCUT2D eigenvalue weighted by molar-refractivity contribution is -0.143. The molecule has 1 aliphatic rings. The Morgan fingerprint density at radius 1 is 1.61 bits per heavy atom. The number of rotatable bonds is 5. The molecule has 0 spiro atoms. The Hall–Kier alpha value is -1.46. The second kappa shape index (κ2) is 5.93. The Kier molecular flexibility index (Phi) is 4.28. The Morgan fingerprint density at radius 3 is 3.22 bits per heavy atom. The lowest BCUT2D eigenvalue weighted by Crippen LogP contribution is -2.37. The fourth-order valence-electron chi connectivity index (χ4n) is 1.80. The number of hydrazine groups is 1. The van der Waals surface area contributed by atoms with Crippen molar-refractivity contribution in [2.45, 2.75) is 18.8 Å². The minimum absolute atomic E-state index is 0.314. The number of carbonyl (C=O) groups excluding carboxylic acids is 1. The van der Waals surface area contributed by atoms with Crippen molar-refractivity contribution in [1.82, 2.24) is 5.43 Å². The normalized spacial score (nSPS) is 14.6. The highest BCUT2D eigenvalue weighted by molar-refractivity contribution is 6.29. The monoisotopic (exact) mass is 269 g/mol. The van der Waals surface area contributed by atoms with Crippen molar-refractivity contribution in [1.29, 1.82) is 0 Å². The SMILES string of the molecule is CCOC(=O)C(Cl)NNc1ccc2c(c1)CCN2. The summed E-state index contributed by atoms with van der Waals surface area (Å²) >= 11 is 5.82. The predicted molar refractivity (Wildman–Crippen MR) is 71.7 cm³/mol. The molecule has 0 aromatic heterocycles. The summed E-state index contributed by atoms with van der Waals surface area (Å²) in [5.41, 5.74) is 7.97. The maximum absolute atomic E-state index is 11.3. The number of hydrogen-bond donors (Lipinski definition) is 3. The van der Waals surface area contributed by atoms with Crippen LogP contribution in [0.2, 0.25) is 0 Å². The Balaban J connectivity index is 1.88. The maximum Gasteiger partial charge on any atom is 0.340 e. The van der Waals surface area contributed by atoms with E-state index in [1.807, 2.05) is 18.2 Å². The van der Waals surface area contributed by atoms with Gasteiger partial charge in [-0.1, -0.05) is 11.6 Å². The third-order valence-electron chi connectivity index (χ3n) is 2.65. The van der Waals surface area contributed by atoms with E-state index in [-0.39, 0.29) is 0 Å². The molecule has 0 radical (unpaired) electrons. The zero-order chi connectivity index (χ0) is 13.0. The van der Waals surface area contributed by atoms with Crippen molar-refractivity contribution in [2.75, 3.05) is 23.9 Å². The summed E-state index contributed by atoms with van der Waals surface area (Å²) in [7, 11) is 0. The van der Waals surface area contributed by atoms with E-state index in [9.17, 15) is 4.79 Å². The highest BCUT2D eigenvalue weighted by atomic mass is 35.5. The lowest BCUT2D eigenvalue weighted by atomic mass is 10.1. The summed E-state index contributed by atoms with van der Waals surface area (Å²) < 4.78 is 4.78. The number of ether oxygens (including phenoxy) is 1. The molecule has 5 nitrogen and oxygen atoms in total. The first-order valence-corrected chi connectivity index (χ1v) is 6.33. The van der Waals surface area contributed by atoms with Gasteiger partial charge in [-0.3, -0.25) is 0 Å². The van der Waals surface area contributed by atoms with Gasteiger partial charge in [-0.25, -0.2) is 10.2 Å². The van der Waals surface area contributed by atoms with E-state index in [2.05, 4.69) is 16.2 Å². The van der Waals surface area contributed by atoms with Crippen LogP contribution in [0.3, 0.4) is 0 Å². The number of nitrogens with one attached hydrogen (secondary N) is 3.